The first kappa shape index (κ1) is 18.4. The van der Waals surface area contributed by atoms with E-state index in [-0.39, 0.29) is 11.3 Å². The first-order valence-corrected chi connectivity index (χ1v) is 9.31. The van der Waals surface area contributed by atoms with Crippen molar-refractivity contribution in [3.63, 3.8) is 0 Å². The number of phenolic OH excluding ortho intramolecular Hbond substituents is 2. The number of aromatic nitrogens is 4. The van der Waals surface area contributed by atoms with Gasteiger partial charge in [0.05, 0.1) is 48.7 Å². The lowest BCUT2D eigenvalue weighted by molar-refractivity contribution is -0.0868. The number of fused-ring (bicyclic) bond motifs is 1. The number of ether oxygens (including phenoxy) is 2. The first-order chi connectivity index (χ1) is 14.4. The fourth-order valence-corrected chi connectivity index (χ4v) is 3.85. The smallest absolute Gasteiger partial charge is 0.203 e. The molecule has 3 heterocycles. The van der Waals surface area contributed by atoms with Gasteiger partial charge < -0.3 is 24.3 Å². The van der Waals surface area contributed by atoms with Crippen LogP contribution in [0.25, 0.3) is 33.5 Å². The second kappa shape index (κ2) is 6.46. The molecule has 0 aliphatic carbocycles. The number of rotatable bonds is 4. The van der Waals surface area contributed by atoms with Crippen molar-refractivity contribution in [3.8, 4) is 39.8 Å². The Labute approximate surface area is 170 Å². The quantitative estimate of drug-likeness (QED) is 0.446. The van der Waals surface area contributed by atoms with Gasteiger partial charge in [-0.1, -0.05) is 6.07 Å². The lowest BCUT2D eigenvalue weighted by Crippen LogP contribution is -2.49. The molecule has 3 N–H and O–H groups in total. The van der Waals surface area contributed by atoms with E-state index in [0.29, 0.717) is 24.6 Å². The van der Waals surface area contributed by atoms with Gasteiger partial charge in [-0.05, 0) is 30.7 Å². The largest absolute Gasteiger partial charge is 0.502 e. The average molecular weight is 410 g/mol. The van der Waals surface area contributed by atoms with Gasteiger partial charge in [-0.3, -0.25) is 5.10 Å². The van der Waals surface area contributed by atoms with E-state index in [1.807, 2.05) is 29.7 Å². The van der Waals surface area contributed by atoms with Crippen molar-refractivity contribution in [2.45, 2.75) is 12.5 Å². The average Bonchev–Trinajstić information content (AvgIpc) is 3.38. The number of benzene rings is 2. The summed E-state index contributed by atoms with van der Waals surface area (Å²) < 4.78 is 27.5. The molecule has 30 heavy (non-hydrogen) atoms. The van der Waals surface area contributed by atoms with Crippen LogP contribution in [-0.4, -0.2) is 50.3 Å². The lowest BCUT2D eigenvalue weighted by atomic mass is 9.98. The molecule has 0 saturated carbocycles. The summed E-state index contributed by atoms with van der Waals surface area (Å²) in [7, 11) is 1.33. The van der Waals surface area contributed by atoms with Gasteiger partial charge in [-0.25, -0.2) is 9.37 Å². The molecule has 1 fully saturated rings. The number of halogens is 1. The Morgan fingerprint density at radius 2 is 2.00 bits per heavy atom. The van der Waals surface area contributed by atoms with Gasteiger partial charge in [-0.15, -0.1) is 0 Å². The fraction of sp³-hybridized carbons (Fsp3) is 0.238. The summed E-state index contributed by atoms with van der Waals surface area (Å²) in [6.07, 6.45) is 3.51. The summed E-state index contributed by atoms with van der Waals surface area (Å²) in [6, 6.07) is 7.08. The van der Waals surface area contributed by atoms with Crippen molar-refractivity contribution < 1.29 is 24.1 Å². The maximum Gasteiger partial charge on any atom is 0.203 e. The molecule has 0 spiro atoms. The molecular formula is C21H19FN4O4. The molecule has 8 nitrogen and oxygen atoms in total. The Kier molecular flexibility index (Phi) is 3.97. The van der Waals surface area contributed by atoms with Gasteiger partial charge in [0, 0.05) is 11.8 Å². The van der Waals surface area contributed by atoms with Crippen molar-refractivity contribution in [2.24, 2.45) is 0 Å². The third-order valence-corrected chi connectivity index (χ3v) is 5.49. The molecule has 9 heteroatoms. The Morgan fingerprint density at radius 3 is 2.63 bits per heavy atom. The minimum absolute atomic E-state index is 0.0244. The van der Waals surface area contributed by atoms with Crippen LogP contribution in [0.1, 0.15) is 6.92 Å². The fourth-order valence-electron chi connectivity index (χ4n) is 3.85. The van der Waals surface area contributed by atoms with E-state index >= 15 is 4.39 Å². The van der Waals surface area contributed by atoms with Crippen LogP contribution in [0.4, 0.5) is 4.39 Å². The number of methoxy groups -OCH3 is 1. The Bertz CT molecular complexity index is 1260. The number of imidazole rings is 1. The SMILES string of the molecule is COc1cc(-c2nc3ccc(-c4cn[nH]c4)cc3n2C2(C)COC2)c(F)c(O)c1O. The van der Waals surface area contributed by atoms with E-state index in [9.17, 15) is 10.2 Å². The van der Waals surface area contributed by atoms with Crippen LogP contribution in [0.15, 0.2) is 36.7 Å². The lowest BCUT2D eigenvalue weighted by Gasteiger charge is -2.40. The van der Waals surface area contributed by atoms with Crippen molar-refractivity contribution in [2.75, 3.05) is 20.3 Å². The summed E-state index contributed by atoms with van der Waals surface area (Å²) in [6.45, 7) is 2.87. The molecular weight excluding hydrogens is 391 g/mol. The highest BCUT2D eigenvalue weighted by molar-refractivity contribution is 5.86. The van der Waals surface area contributed by atoms with Crippen molar-refractivity contribution in [1.82, 2.24) is 19.7 Å². The normalized spacial score (nSPS) is 15.3. The van der Waals surface area contributed by atoms with Crippen LogP contribution < -0.4 is 4.74 Å². The van der Waals surface area contributed by atoms with Crippen LogP contribution in [0.5, 0.6) is 17.2 Å². The third-order valence-electron chi connectivity index (χ3n) is 5.49. The highest BCUT2D eigenvalue weighted by Crippen LogP contribution is 2.45. The molecule has 0 bridgehead atoms. The summed E-state index contributed by atoms with van der Waals surface area (Å²) in [5.74, 6) is -2.23. The molecule has 154 valence electrons. The van der Waals surface area contributed by atoms with Gasteiger partial charge in [-0.2, -0.15) is 5.10 Å². The predicted molar refractivity (Wildman–Crippen MR) is 107 cm³/mol. The third kappa shape index (κ3) is 2.55. The molecule has 2 aromatic heterocycles. The molecule has 0 radical (unpaired) electrons. The van der Waals surface area contributed by atoms with Crippen molar-refractivity contribution in [1.29, 1.82) is 0 Å². The number of nitrogens with zero attached hydrogens (tertiary/aromatic N) is 3. The maximum absolute atomic E-state index is 15.0. The summed E-state index contributed by atoms with van der Waals surface area (Å²) in [5, 5.41) is 26.8. The zero-order valence-corrected chi connectivity index (χ0v) is 16.3. The van der Waals surface area contributed by atoms with E-state index in [0.717, 1.165) is 16.6 Å². The second-order valence-electron chi connectivity index (χ2n) is 7.59. The van der Waals surface area contributed by atoms with Crippen LogP contribution in [0, 0.1) is 5.82 Å². The van der Waals surface area contributed by atoms with Gasteiger partial charge in [0.2, 0.25) is 5.75 Å². The van der Waals surface area contributed by atoms with Gasteiger partial charge in [0.15, 0.2) is 17.3 Å². The van der Waals surface area contributed by atoms with E-state index in [4.69, 9.17) is 9.47 Å². The number of hydrogen-bond acceptors (Lipinski definition) is 6. The van der Waals surface area contributed by atoms with Gasteiger partial charge in [0.1, 0.15) is 5.82 Å². The Morgan fingerprint density at radius 1 is 1.20 bits per heavy atom. The topological polar surface area (TPSA) is 105 Å². The van der Waals surface area contributed by atoms with Crippen LogP contribution in [0.3, 0.4) is 0 Å². The van der Waals surface area contributed by atoms with E-state index in [1.165, 1.54) is 13.2 Å². The van der Waals surface area contributed by atoms with E-state index < -0.39 is 22.9 Å². The maximum atomic E-state index is 15.0. The van der Waals surface area contributed by atoms with Gasteiger partial charge >= 0.3 is 0 Å². The molecule has 1 aliphatic rings. The summed E-state index contributed by atoms with van der Waals surface area (Å²) in [4.78, 5) is 4.66. The molecule has 0 amide bonds. The molecule has 2 aromatic carbocycles. The highest BCUT2D eigenvalue weighted by Gasteiger charge is 2.39. The Balaban J connectivity index is 1.81. The molecule has 1 saturated heterocycles. The first-order valence-electron chi connectivity index (χ1n) is 9.31. The molecule has 0 atom stereocenters. The van der Waals surface area contributed by atoms with Crippen molar-refractivity contribution >= 4 is 11.0 Å². The predicted octanol–water partition coefficient (Wildman–Crippen LogP) is 3.40. The monoisotopic (exact) mass is 410 g/mol. The number of aromatic amines is 1. The summed E-state index contributed by atoms with van der Waals surface area (Å²) >= 11 is 0. The van der Waals surface area contributed by atoms with Crippen LogP contribution >= 0.6 is 0 Å². The standard InChI is InChI=1S/C21H19FN4O4/c1-21(9-30-10-21)26-15-5-11(12-7-23-24-8-12)3-4-14(15)25-20(26)13-6-16(29-2)18(27)19(28)17(13)22/h3-8,27-28H,9-10H2,1-2H3,(H,23,24). The van der Waals surface area contributed by atoms with Crippen molar-refractivity contribution in [3.05, 3.63) is 42.5 Å². The zero-order chi connectivity index (χ0) is 21.0. The van der Waals surface area contributed by atoms with Gasteiger partial charge in [0.25, 0.3) is 0 Å². The number of hydrogen-bond donors (Lipinski definition) is 3. The number of H-pyrrole nitrogens is 1. The number of aromatic hydroxyl groups is 2. The number of phenols is 2. The molecule has 4 aromatic rings. The van der Waals surface area contributed by atoms with E-state index in [1.54, 1.807) is 12.4 Å². The molecule has 0 unspecified atom stereocenters. The number of nitrogens with one attached hydrogen (secondary N) is 1. The highest BCUT2D eigenvalue weighted by atomic mass is 19.1. The minimum Gasteiger partial charge on any atom is -0.502 e. The van der Waals surface area contributed by atoms with E-state index in [2.05, 4.69) is 15.2 Å². The van der Waals surface area contributed by atoms with Crippen LogP contribution in [-0.2, 0) is 10.3 Å². The summed E-state index contributed by atoms with van der Waals surface area (Å²) in [5.41, 5.74) is 2.87. The van der Waals surface area contributed by atoms with Crippen LogP contribution in [0.2, 0.25) is 0 Å². The molecule has 1 aliphatic heterocycles. The molecule has 5 rings (SSSR count). The second-order valence-corrected chi connectivity index (χ2v) is 7.59. The minimum atomic E-state index is -0.969. The zero-order valence-electron chi connectivity index (χ0n) is 16.3. The Hall–Kier alpha value is -3.59.